The average Bonchev–Trinajstić information content (AvgIpc) is 2.44. The zero-order valence-corrected chi connectivity index (χ0v) is 13.3. The van der Waals surface area contributed by atoms with Gasteiger partial charge in [0, 0.05) is 31.1 Å². The van der Waals surface area contributed by atoms with E-state index < -0.39 is 0 Å². The molecule has 1 N–H and O–H groups in total. The van der Waals surface area contributed by atoms with E-state index in [4.69, 9.17) is 0 Å². The smallest absolute Gasteiger partial charge is 0.164 e. The normalized spacial score (nSPS) is 14.2. The number of nitrogens with zero attached hydrogens (tertiary/aromatic N) is 1. The van der Waals surface area contributed by atoms with Crippen LogP contribution >= 0.6 is 0 Å². The lowest BCUT2D eigenvalue weighted by atomic mass is 10.0. The van der Waals surface area contributed by atoms with Crippen molar-refractivity contribution in [1.29, 1.82) is 0 Å². The van der Waals surface area contributed by atoms with Crippen LogP contribution in [-0.2, 0) is 4.79 Å². The van der Waals surface area contributed by atoms with Crippen LogP contribution in [0, 0.1) is 0 Å². The molecule has 0 aliphatic carbocycles. The fourth-order valence-corrected chi connectivity index (χ4v) is 2.14. The molecule has 3 nitrogen and oxygen atoms in total. The second kappa shape index (κ2) is 11.8. The maximum atomic E-state index is 12.2. The number of hydrogen-bond donors (Lipinski definition) is 1. The minimum absolute atomic E-state index is 0.126. The van der Waals surface area contributed by atoms with E-state index in [0.717, 1.165) is 25.0 Å². The molecule has 0 aliphatic rings. The second-order valence-electron chi connectivity index (χ2n) is 4.95. The molecule has 1 unspecified atom stereocenters. The number of carbonyl (C=O) groups is 1. The molecule has 0 heterocycles. The van der Waals surface area contributed by atoms with Crippen molar-refractivity contribution in [3.63, 3.8) is 0 Å². The second-order valence-corrected chi connectivity index (χ2v) is 4.95. The summed E-state index contributed by atoms with van der Waals surface area (Å²) in [4.78, 5) is 14.4. The van der Waals surface area contributed by atoms with Crippen LogP contribution in [0.15, 0.2) is 23.8 Å². The Morgan fingerprint density at radius 1 is 1.35 bits per heavy atom. The van der Waals surface area contributed by atoms with Crippen molar-refractivity contribution in [2.24, 2.45) is 0 Å². The number of carbonyl (C=O) groups excluding carboxylic acids is 1. The van der Waals surface area contributed by atoms with Crippen LogP contribution < -0.4 is 5.54 Å². The topological polar surface area (TPSA) is 32.3 Å². The molecule has 0 aromatic heterocycles. The lowest BCUT2D eigenvalue weighted by Gasteiger charge is -2.28. The van der Waals surface area contributed by atoms with Gasteiger partial charge in [0.05, 0.1) is 0 Å². The zero-order valence-electron chi connectivity index (χ0n) is 13.3. The quantitative estimate of drug-likeness (QED) is 0.358. The van der Waals surface area contributed by atoms with E-state index in [1.807, 2.05) is 39.0 Å². The lowest BCUT2D eigenvalue weighted by molar-refractivity contribution is -0.116. The summed E-state index contributed by atoms with van der Waals surface area (Å²) in [5, 5.41) is 0. The van der Waals surface area contributed by atoms with E-state index in [2.05, 4.69) is 11.8 Å². The van der Waals surface area contributed by atoms with E-state index in [1.165, 1.54) is 0 Å². The Bertz CT molecular complexity index is 326. The summed E-state index contributed by atoms with van der Waals surface area (Å²) < 4.78 is 12.1. The third-order valence-corrected chi connectivity index (χ3v) is 3.27. The molecule has 0 rings (SSSR count). The molecule has 0 amide bonds. The van der Waals surface area contributed by atoms with Crippen LogP contribution in [0.25, 0.3) is 0 Å². The highest BCUT2D eigenvalue weighted by Gasteiger charge is 2.17. The van der Waals surface area contributed by atoms with E-state index in [0.29, 0.717) is 19.5 Å². The Morgan fingerprint density at radius 2 is 2.05 bits per heavy atom. The van der Waals surface area contributed by atoms with Crippen molar-refractivity contribution in [3.05, 3.63) is 23.8 Å². The van der Waals surface area contributed by atoms with Crippen LogP contribution in [0.4, 0.5) is 4.48 Å². The summed E-state index contributed by atoms with van der Waals surface area (Å²) >= 11 is 0. The molecule has 116 valence electrons. The van der Waals surface area contributed by atoms with Gasteiger partial charge < -0.3 is 0 Å². The highest BCUT2D eigenvalue weighted by molar-refractivity contribution is 5.98. The van der Waals surface area contributed by atoms with Gasteiger partial charge in [-0.2, -0.15) is 5.54 Å². The Balaban J connectivity index is 4.55. The minimum Gasteiger partial charge on any atom is -0.299 e. The molecule has 1 atom stereocenters. The van der Waals surface area contributed by atoms with Gasteiger partial charge in [-0.15, -0.1) is 4.48 Å². The molecule has 0 saturated carbocycles. The molecule has 20 heavy (non-hydrogen) atoms. The molecule has 0 saturated heterocycles. The van der Waals surface area contributed by atoms with Crippen LogP contribution in [0.2, 0.25) is 0 Å². The first kappa shape index (κ1) is 19.0. The fourth-order valence-electron chi connectivity index (χ4n) is 2.14. The molecular formula is C16H29FN2O. The predicted molar refractivity (Wildman–Crippen MR) is 83.2 cm³/mol. The van der Waals surface area contributed by atoms with Gasteiger partial charge in [-0.05, 0) is 33.2 Å². The molecule has 4 heteroatoms. The molecule has 0 bridgehead atoms. The minimum atomic E-state index is 0.126. The highest BCUT2D eigenvalue weighted by Crippen LogP contribution is 2.11. The largest absolute Gasteiger partial charge is 0.299 e. The number of rotatable bonds is 11. The van der Waals surface area contributed by atoms with Gasteiger partial charge in [0.1, 0.15) is 0 Å². The van der Waals surface area contributed by atoms with Crippen LogP contribution in [0.3, 0.4) is 0 Å². The molecule has 0 aromatic carbocycles. The van der Waals surface area contributed by atoms with Crippen molar-refractivity contribution in [2.75, 3.05) is 19.6 Å². The SMILES string of the molecule is C/C=C(\C=C/CC)C(=O)CC(C)N(CCC)CCNF. The number of halogens is 1. The maximum Gasteiger partial charge on any atom is 0.164 e. The molecule has 0 fully saturated rings. The van der Waals surface area contributed by atoms with Gasteiger partial charge in [-0.25, -0.2) is 0 Å². The summed E-state index contributed by atoms with van der Waals surface area (Å²) in [7, 11) is 0. The zero-order chi connectivity index (χ0) is 15.4. The summed E-state index contributed by atoms with van der Waals surface area (Å²) in [5.74, 6) is 0.152. The monoisotopic (exact) mass is 284 g/mol. The van der Waals surface area contributed by atoms with Crippen molar-refractivity contribution in [3.8, 4) is 0 Å². The average molecular weight is 284 g/mol. The van der Waals surface area contributed by atoms with E-state index >= 15 is 0 Å². The number of ketones is 1. The van der Waals surface area contributed by atoms with Crippen LogP contribution in [-0.4, -0.2) is 36.4 Å². The first-order valence-electron chi connectivity index (χ1n) is 7.54. The summed E-state index contributed by atoms with van der Waals surface area (Å²) in [6.07, 6.45) is 8.13. The van der Waals surface area contributed by atoms with Gasteiger partial charge in [-0.1, -0.05) is 32.1 Å². The molecular weight excluding hydrogens is 255 g/mol. The highest BCUT2D eigenvalue weighted by atomic mass is 19.2. The molecule has 0 radical (unpaired) electrons. The fraction of sp³-hybridized carbons (Fsp3) is 0.688. The first-order valence-corrected chi connectivity index (χ1v) is 7.54. The van der Waals surface area contributed by atoms with Crippen molar-refractivity contribution < 1.29 is 9.28 Å². The number of Topliss-reactive ketones (excluding diaryl/α,β-unsaturated/α-hetero) is 1. The van der Waals surface area contributed by atoms with E-state index in [1.54, 1.807) is 5.54 Å². The maximum absolute atomic E-state index is 12.2. The predicted octanol–water partition coefficient (Wildman–Crippen LogP) is 3.43. The van der Waals surface area contributed by atoms with Crippen molar-refractivity contribution in [2.45, 2.75) is 53.0 Å². The number of nitrogens with one attached hydrogen (secondary N) is 1. The third-order valence-electron chi connectivity index (χ3n) is 3.27. The summed E-state index contributed by atoms with van der Waals surface area (Å²) in [6, 6.07) is 0.126. The molecule has 0 aliphatic heterocycles. The standard InChI is InChI=1S/C16H29FN2O/c1-5-8-9-15(7-3)16(20)13-14(4)19(11-6-2)12-10-18-17/h7-9,14,18H,5-6,10-13H2,1-4H3/b9-8-,15-7+. The van der Waals surface area contributed by atoms with Crippen molar-refractivity contribution >= 4 is 5.78 Å². The Hall–Kier alpha value is -1.00. The van der Waals surface area contributed by atoms with E-state index in [9.17, 15) is 9.28 Å². The van der Waals surface area contributed by atoms with Gasteiger partial charge in [0.2, 0.25) is 0 Å². The molecule has 0 spiro atoms. The van der Waals surface area contributed by atoms with Gasteiger partial charge in [0.15, 0.2) is 5.78 Å². The molecule has 0 aromatic rings. The summed E-state index contributed by atoms with van der Waals surface area (Å²) in [6.45, 7) is 9.85. The third kappa shape index (κ3) is 7.56. The van der Waals surface area contributed by atoms with Crippen LogP contribution in [0.1, 0.15) is 47.0 Å². The van der Waals surface area contributed by atoms with Crippen molar-refractivity contribution in [1.82, 2.24) is 10.4 Å². The Kier molecular flexibility index (Phi) is 11.2. The summed E-state index contributed by atoms with van der Waals surface area (Å²) in [5.41, 5.74) is 2.44. The van der Waals surface area contributed by atoms with Gasteiger partial charge in [-0.3, -0.25) is 9.69 Å². The Labute approximate surface area is 122 Å². The Morgan fingerprint density at radius 3 is 2.55 bits per heavy atom. The number of hydrogen-bond acceptors (Lipinski definition) is 3. The van der Waals surface area contributed by atoms with Gasteiger partial charge in [0.25, 0.3) is 0 Å². The van der Waals surface area contributed by atoms with Gasteiger partial charge >= 0.3 is 0 Å². The van der Waals surface area contributed by atoms with Crippen LogP contribution in [0.5, 0.6) is 0 Å². The number of allylic oxidation sites excluding steroid dienone is 4. The lowest BCUT2D eigenvalue weighted by Crippen LogP contribution is -2.39. The first-order chi connectivity index (χ1) is 9.60. The van der Waals surface area contributed by atoms with E-state index in [-0.39, 0.29) is 11.8 Å².